The van der Waals surface area contributed by atoms with E-state index in [9.17, 15) is 9.18 Å². The first-order valence-corrected chi connectivity index (χ1v) is 5.91. The van der Waals surface area contributed by atoms with Crippen LogP contribution in [-0.4, -0.2) is 16.9 Å². The Labute approximate surface area is 114 Å². The summed E-state index contributed by atoms with van der Waals surface area (Å²) in [4.78, 5) is 19.7. The molecule has 1 aromatic carbocycles. The highest BCUT2D eigenvalue weighted by Crippen LogP contribution is 2.20. The molecule has 5 heteroatoms. The molecule has 0 saturated carbocycles. The Kier molecular flexibility index (Phi) is 3.09. The van der Waals surface area contributed by atoms with E-state index in [0.717, 1.165) is 5.56 Å². The Morgan fingerprint density at radius 2 is 2.00 bits per heavy atom. The number of rotatable bonds is 2. The molecule has 1 aliphatic heterocycles. The van der Waals surface area contributed by atoms with Crippen molar-refractivity contribution in [1.29, 1.82) is 0 Å². The largest absolute Gasteiger partial charge is 0.402 e. The average molecular weight is 268 g/mol. The summed E-state index contributed by atoms with van der Waals surface area (Å²) in [5.41, 5.74) is 1.00. The molecule has 98 valence electrons. The average Bonchev–Trinajstić information content (AvgIpc) is 2.81. The first kappa shape index (κ1) is 12.2. The predicted octanol–water partition coefficient (Wildman–Crippen LogP) is 2.57. The van der Waals surface area contributed by atoms with Crippen LogP contribution in [0, 0.1) is 5.82 Å². The zero-order valence-corrected chi connectivity index (χ0v) is 10.3. The highest BCUT2D eigenvalue weighted by molar-refractivity contribution is 6.12. The minimum Gasteiger partial charge on any atom is -0.402 e. The molecule has 0 N–H and O–H groups in total. The van der Waals surface area contributed by atoms with Crippen molar-refractivity contribution in [2.75, 3.05) is 0 Å². The third kappa shape index (κ3) is 2.33. The molecule has 0 amide bonds. The zero-order chi connectivity index (χ0) is 13.9. The van der Waals surface area contributed by atoms with Gasteiger partial charge in [-0.25, -0.2) is 14.2 Å². The SMILES string of the molecule is O=C1OC(c2ccccc2F)=N/C1=C\c1cccnc1. The summed E-state index contributed by atoms with van der Waals surface area (Å²) in [5.74, 6) is -1.11. The molecule has 2 heterocycles. The molecule has 4 nitrogen and oxygen atoms in total. The fourth-order valence-electron chi connectivity index (χ4n) is 1.78. The van der Waals surface area contributed by atoms with E-state index in [4.69, 9.17) is 4.74 Å². The standard InChI is InChI=1S/C15H9FN2O2/c16-12-6-2-1-5-11(12)14-18-13(15(19)20-14)8-10-4-3-7-17-9-10/h1-9H/b13-8-. The molecule has 1 aliphatic rings. The van der Waals surface area contributed by atoms with E-state index >= 15 is 0 Å². The van der Waals surface area contributed by atoms with Crippen molar-refractivity contribution in [3.8, 4) is 0 Å². The van der Waals surface area contributed by atoms with E-state index in [1.807, 2.05) is 0 Å². The summed E-state index contributed by atoms with van der Waals surface area (Å²) in [6.07, 6.45) is 4.77. The topological polar surface area (TPSA) is 51.5 Å². The van der Waals surface area contributed by atoms with Crippen LogP contribution in [0.5, 0.6) is 0 Å². The summed E-state index contributed by atoms with van der Waals surface area (Å²) in [6, 6.07) is 9.53. The van der Waals surface area contributed by atoms with Gasteiger partial charge in [0.2, 0.25) is 5.90 Å². The van der Waals surface area contributed by atoms with Crippen molar-refractivity contribution < 1.29 is 13.9 Å². The van der Waals surface area contributed by atoms with E-state index in [-0.39, 0.29) is 17.2 Å². The lowest BCUT2D eigenvalue weighted by Crippen LogP contribution is -2.07. The van der Waals surface area contributed by atoms with Gasteiger partial charge in [-0.1, -0.05) is 18.2 Å². The summed E-state index contributed by atoms with van der Waals surface area (Å²) in [7, 11) is 0. The number of hydrogen-bond acceptors (Lipinski definition) is 4. The summed E-state index contributed by atoms with van der Waals surface area (Å²) >= 11 is 0. The van der Waals surface area contributed by atoms with Gasteiger partial charge in [0.05, 0.1) is 5.56 Å². The monoisotopic (exact) mass is 268 g/mol. The Balaban J connectivity index is 1.98. The second kappa shape index (κ2) is 5.05. The molecule has 3 rings (SSSR count). The number of aromatic nitrogens is 1. The van der Waals surface area contributed by atoms with E-state index in [1.165, 1.54) is 12.1 Å². The minimum atomic E-state index is -0.605. The number of benzene rings is 1. The quantitative estimate of drug-likeness (QED) is 0.621. The van der Waals surface area contributed by atoms with Crippen molar-refractivity contribution in [1.82, 2.24) is 4.98 Å². The molecule has 0 atom stereocenters. The smallest absolute Gasteiger partial charge is 0.363 e. The van der Waals surface area contributed by atoms with Crippen molar-refractivity contribution in [2.45, 2.75) is 0 Å². The van der Waals surface area contributed by atoms with Crippen LogP contribution in [0.2, 0.25) is 0 Å². The number of carbonyl (C=O) groups excluding carboxylic acids is 1. The van der Waals surface area contributed by atoms with Crippen LogP contribution in [0.15, 0.2) is 59.5 Å². The second-order valence-electron chi connectivity index (χ2n) is 4.10. The van der Waals surface area contributed by atoms with Crippen LogP contribution < -0.4 is 0 Å². The molecule has 1 aromatic heterocycles. The number of pyridine rings is 1. The Morgan fingerprint density at radius 3 is 2.75 bits per heavy atom. The molecule has 2 aromatic rings. The lowest BCUT2D eigenvalue weighted by atomic mass is 10.2. The number of ether oxygens (including phenoxy) is 1. The molecule has 0 fully saturated rings. The van der Waals surface area contributed by atoms with Crippen LogP contribution in [0.3, 0.4) is 0 Å². The molecule has 0 bridgehead atoms. The fraction of sp³-hybridized carbons (Fsp3) is 0. The highest BCUT2D eigenvalue weighted by atomic mass is 19.1. The van der Waals surface area contributed by atoms with E-state index in [1.54, 1.807) is 42.7 Å². The van der Waals surface area contributed by atoms with E-state index in [0.29, 0.717) is 0 Å². The molecule has 0 radical (unpaired) electrons. The maximum Gasteiger partial charge on any atom is 0.363 e. The molecule has 0 unspecified atom stereocenters. The Hall–Kier alpha value is -2.82. The van der Waals surface area contributed by atoms with Gasteiger partial charge in [0.1, 0.15) is 5.82 Å². The van der Waals surface area contributed by atoms with Crippen LogP contribution in [-0.2, 0) is 9.53 Å². The first-order chi connectivity index (χ1) is 9.74. The predicted molar refractivity (Wildman–Crippen MR) is 71.2 cm³/mol. The summed E-state index contributed by atoms with van der Waals surface area (Å²) in [6.45, 7) is 0. The van der Waals surface area contributed by atoms with Gasteiger partial charge in [-0.2, -0.15) is 0 Å². The van der Waals surface area contributed by atoms with Crippen LogP contribution in [0.1, 0.15) is 11.1 Å². The van der Waals surface area contributed by atoms with Gasteiger partial charge >= 0.3 is 5.97 Å². The van der Waals surface area contributed by atoms with Gasteiger partial charge in [0.15, 0.2) is 5.70 Å². The number of cyclic esters (lactones) is 1. The van der Waals surface area contributed by atoms with Gasteiger partial charge in [-0.05, 0) is 29.8 Å². The second-order valence-corrected chi connectivity index (χ2v) is 4.10. The Bertz CT molecular complexity index is 724. The van der Waals surface area contributed by atoms with Gasteiger partial charge in [-0.3, -0.25) is 4.98 Å². The number of esters is 1. The normalized spacial score (nSPS) is 16.1. The molecule has 0 saturated heterocycles. The molecular weight excluding hydrogens is 259 g/mol. The third-order valence-electron chi connectivity index (χ3n) is 2.71. The first-order valence-electron chi connectivity index (χ1n) is 5.91. The van der Waals surface area contributed by atoms with Crippen LogP contribution >= 0.6 is 0 Å². The maximum atomic E-state index is 13.6. The lowest BCUT2D eigenvalue weighted by molar-refractivity contribution is -0.129. The summed E-state index contributed by atoms with van der Waals surface area (Å²) in [5, 5.41) is 0. The number of hydrogen-bond donors (Lipinski definition) is 0. The van der Waals surface area contributed by atoms with Crippen LogP contribution in [0.25, 0.3) is 6.08 Å². The van der Waals surface area contributed by atoms with Gasteiger partial charge < -0.3 is 4.74 Å². The number of halogens is 1. The number of aliphatic imine (C=N–C) groups is 1. The van der Waals surface area contributed by atoms with Crippen molar-refractivity contribution >= 4 is 17.9 Å². The van der Waals surface area contributed by atoms with Gasteiger partial charge in [-0.15, -0.1) is 0 Å². The maximum absolute atomic E-state index is 13.6. The lowest BCUT2D eigenvalue weighted by Gasteiger charge is -1.99. The molecular formula is C15H9FN2O2. The minimum absolute atomic E-state index is 0.0248. The van der Waals surface area contributed by atoms with Gasteiger partial charge in [0, 0.05) is 12.4 Å². The Morgan fingerprint density at radius 1 is 1.15 bits per heavy atom. The molecule has 0 aliphatic carbocycles. The van der Waals surface area contributed by atoms with Crippen molar-refractivity contribution in [3.05, 3.63) is 71.4 Å². The fourth-order valence-corrected chi connectivity index (χ4v) is 1.78. The van der Waals surface area contributed by atoms with Crippen molar-refractivity contribution in [3.63, 3.8) is 0 Å². The zero-order valence-electron chi connectivity index (χ0n) is 10.3. The highest BCUT2D eigenvalue weighted by Gasteiger charge is 2.25. The number of carbonyl (C=O) groups is 1. The van der Waals surface area contributed by atoms with Gasteiger partial charge in [0.25, 0.3) is 0 Å². The van der Waals surface area contributed by atoms with Crippen LogP contribution in [0.4, 0.5) is 4.39 Å². The summed E-state index contributed by atoms with van der Waals surface area (Å²) < 4.78 is 18.6. The van der Waals surface area contributed by atoms with E-state index in [2.05, 4.69) is 9.98 Å². The third-order valence-corrected chi connectivity index (χ3v) is 2.71. The van der Waals surface area contributed by atoms with Crippen molar-refractivity contribution in [2.24, 2.45) is 4.99 Å². The molecule has 0 spiro atoms. The number of nitrogens with zero attached hydrogens (tertiary/aromatic N) is 2. The van der Waals surface area contributed by atoms with E-state index < -0.39 is 11.8 Å². The molecule has 20 heavy (non-hydrogen) atoms.